The summed E-state index contributed by atoms with van der Waals surface area (Å²) < 4.78 is 10.6. The Balaban J connectivity index is 1.59. The molecule has 2 heterocycles. The van der Waals surface area contributed by atoms with Gasteiger partial charge in [-0.25, -0.2) is 0 Å². The Labute approximate surface area is 145 Å². The van der Waals surface area contributed by atoms with E-state index < -0.39 is 17.6 Å². The maximum atomic E-state index is 12.0. The third kappa shape index (κ3) is 4.71. The zero-order valence-corrected chi connectivity index (χ0v) is 14.9. The van der Waals surface area contributed by atoms with E-state index in [0.717, 1.165) is 12.8 Å². The van der Waals surface area contributed by atoms with Crippen LogP contribution < -0.4 is 0 Å². The van der Waals surface area contributed by atoms with Crippen LogP contribution in [0.15, 0.2) is 0 Å². The Morgan fingerprint density at radius 3 is 2.17 bits per heavy atom. The molecule has 0 radical (unpaired) electrons. The van der Waals surface area contributed by atoms with E-state index in [4.69, 9.17) is 9.47 Å². The van der Waals surface area contributed by atoms with Gasteiger partial charge in [-0.1, -0.05) is 71.1 Å². The molecule has 0 spiro atoms. The fourth-order valence-corrected chi connectivity index (χ4v) is 3.88. The highest BCUT2D eigenvalue weighted by molar-refractivity contribution is 5.83. The predicted molar refractivity (Wildman–Crippen MR) is 90.4 cm³/mol. The van der Waals surface area contributed by atoms with Gasteiger partial charge in [0.2, 0.25) is 0 Å². The number of rotatable bonds is 12. The third-order valence-electron chi connectivity index (χ3n) is 5.33. The molecule has 0 aromatic heterocycles. The molecule has 5 heteroatoms. The molecule has 0 amide bonds. The van der Waals surface area contributed by atoms with Crippen LogP contribution in [0.4, 0.5) is 0 Å². The molecular weight excluding hydrogens is 308 g/mol. The number of esters is 2. The van der Waals surface area contributed by atoms with Crippen LogP contribution >= 0.6 is 0 Å². The van der Waals surface area contributed by atoms with Gasteiger partial charge in [0, 0.05) is 0 Å². The van der Waals surface area contributed by atoms with Crippen molar-refractivity contribution in [3.63, 3.8) is 0 Å². The van der Waals surface area contributed by atoms with Crippen molar-refractivity contribution in [3.05, 3.63) is 0 Å². The first-order valence-electron chi connectivity index (χ1n) is 9.66. The SMILES string of the molecule is CCCCCCCCCCCC[C@@H]1C(=O)O[C@]2(CO)CC(=O)O[C@H]12. The zero-order valence-electron chi connectivity index (χ0n) is 14.9. The van der Waals surface area contributed by atoms with Crippen LogP contribution in [0.5, 0.6) is 0 Å². The van der Waals surface area contributed by atoms with Crippen molar-refractivity contribution in [2.24, 2.45) is 5.92 Å². The Hall–Kier alpha value is -1.10. The van der Waals surface area contributed by atoms with E-state index in [-0.39, 0.29) is 25.0 Å². The minimum Gasteiger partial charge on any atom is -0.457 e. The first kappa shape index (κ1) is 19.2. The van der Waals surface area contributed by atoms with Gasteiger partial charge in [0.1, 0.15) is 0 Å². The Kier molecular flexibility index (Phi) is 7.53. The van der Waals surface area contributed by atoms with Crippen molar-refractivity contribution in [1.82, 2.24) is 0 Å². The highest BCUT2D eigenvalue weighted by Crippen LogP contribution is 2.43. The second-order valence-electron chi connectivity index (χ2n) is 7.31. The molecule has 5 nitrogen and oxygen atoms in total. The third-order valence-corrected chi connectivity index (χ3v) is 5.33. The van der Waals surface area contributed by atoms with E-state index in [1.807, 2.05) is 0 Å². The van der Waals surface area contributed by atoms with Crippen molar-refractivity contribution in [2.45, 2.75) is 95.7 Å². The Morgan fingerprint density at radius 1 is 1.00 bits per heavy atom. The minimum atomic E-state index is -1.11. The summed E-state index contributed by atoms with van der Waals surface area (Å²) in [4.78, 5) is 23.5. The fourth-order valence-electron chi connectivity index (χ4n) is 3.88. The molecule has 0 aromatic carbocycles. The Bertz CT molecular complexity index is 422. The van der Waals surface area contributed by atoms with Gasteiger partial charge < -0.3 is 14.6 Å². The van der Waals surface area contributed by atoms with Crippen molar-refractivity contribution < 1.29 is 24.2 Å². The lowest BCUT2D eigenvalue weighted by Gasteiger charge is -2.22. The summed E-state index contributed by atoms with van der Waals surface area (Å²) in [6.45, 7) is 1.89. The van der Waals surface area contributed by atoms with Gasteiger partial charge in [-0.15, -0.1) is 0 Å². The quantitative estimate of drug-likeness (QED) is 0.435. The first-order valence-corrected chi connectivity index (χ1v) is 9.66. The van der Waals surface area contributed by atoms with Gasteiger partial charge in [-0.2, -0.15) is 0 Å². The lowest BCUT2D eigenvalue weighted by molar-refractivity contribution is -0.154. The first-order chi connectivity index (χ1) is 11.6. The van der Waals surface area contributed by atoms with Crippen LogP contribution in [0.3, 0.4) is 0 Å². The number of ether oxygens (including phenoxy) is 2. The lowest BCUT2D eigenvalue weighted by Crippen LogP contribution is -2.40. The summed E-state index contributed by atoms with van der Waals surface area (Å²) in [5, 5.41) is 9.52. The molecule has 2 rings (SSSR count). The lowest BCUT2D eigenvalue weighted by atomic mass is 9.87. The molecule has 2 fully saturated rings. The van der Waals surface area contributed by atoms with E-state index in [1.165, 1.54) is 51.4 Å². The van der Waals surface area contributed by atoms with Gasteiger partial charge in [-0.05, 0) is 6.42 Å². The van der Waals surface area contributed by atoms with Crippen LogP contribution in [-0.2, 0) is 19.1 Å². The topological polar surface area (TPSA) is 72.8 Å². The molecule has 0 aromatic rings. The van der Waals surface area contributed by atoms with Crippen LogP contribution in [-0.4, -0.2) is 35.4 Å². The van der Waals surface area contributed by atoms with Crippen LogP contribution in [0.1, 0.15) is 84.0 Å². The normalized spacial score (nSPS) is 28.8. The van der Waals surface area contributed by atoms with E-state index >= 15 is 0 Å². The predicted octanol–water partition coefficient (Wildman–Crippen LogP) is 3.52. The van der Waals surface area contributed by atoms with Gasteiger partial charge in [-0.3, -0.25) is 9.59 Å². The monoisotopic (exact) mass is 340 g/mol. The zero-order chi connectivity index (χ0) is 17.4. The van der Waals surface area contributed by atoms with Crippen molar-refractivity contribution in [1.29, 1.82) is 0 Å². The van der Waals surface area contributed by atoms with E-state index in [1.54, 1.807) is 0 Å². The average molecular weight is 340 g/mol. The number of unbranched alkanes of at least 4 members (excludes halogenated alkanes) is 9. The largest absolute Gasteiger partial charge is 0.457 e. The van der Waals surface area contributed by atoms with Crippen LogP contribution in [0.25, 0.3) is 0 Å². The fraction of sp³-hybridized carbons (Fsp3) is 0.895. The van der Waals surface area contributed by atoms with E-state index in [0.29, 0.717) is 6.42 Å². The highest BCUT2D eigenvalue weighted by Gasteiger charge is 2.62. The highest BCUT2D eigenvalue weighted by atomic mass is 16.6. The minimum absolute atomic E-state index is 0.0194. The Morgan fingerprint density at radius 2 is 1.58 bits per heavy atom. The number of fused-ring (bicyclic) bond motifs is 1. The van der Waals surface area contributed by atoms with Crippen molar-refractivity contribution in [3.8, 4) is 0 Å². The van der Waals surface area contributed by atoms with Gasteiger partial charge in [0.15, 0.2) is 11.7 Å². The van der Waals surface area contributed by atoms with Crippen molar-refractivity contribution in [2.75, 3.05) is 6.61 Å². The number of aliphatic hydroxyl groups excluding tert-OH is 1. The maximum absolute atomic E-state index is 12.0. The second kappa shape index (κ2) is 9.40. The summed E-state index contributed by atoms with van der Waals surface area (Å²) in [7, 11) is 0. The standard InChI is InChI=1S/C19H32O5/c1-2-3-4-5-6-7-8-9-10-11-12-15-17-19(14-20,24-18(15)22)13-16(21)23-17/h15,17,20H,2-14H2,1H3/t15-,17+,19-/m0/s1. The summed E-state index contributed by atoms with van der Waals surface area (Å²) in [5.74, 6) is -1.11. The second-order valence-corrected chi connectivity index (χ2v) is 7.31. The van der Waals surface area contributed by atoms with E-state index in [9.17, 15) is 14.7 Å². The number of aliphatic hydroxyl groups is 1. The number of carbonyl (C=O) groups excluding carboxylic acids is 2. The van der Waals surface area contributed by atoms with Crippen LogP contribution in [0, 0.1) is 5.92 Å². The smallest absolute Gasteiger partial charge is 0.313 e. The van der Waals surface area contributed by atoms with E-state index in [2.05, 4.69) is 6.92 Å². The molecule has 0 bridgehead atoms. The molecule has 2 aliphatic heterocycles. The molecule has 2 aliphatic rings. The number of hydrogen-bond donors (Lipinski definition) is 1. The molecule has 2 saturated heterocycles. The molecule has 0 unspecified atom stereocenters. The van der Waals surface area contributed by atoms with Gasteiger partial charge >= 0.3 is 11.9 Å². The summed E-state index contributed by atoms with van der Waals surface area (Å²) in [5.41, 5.74) is -1.11. The summed E-state index contributed by atoms with van der Waals surface area (Å²) in [6, 6.07) is 0. The maximum Gasteiger partial charge on any atom is 0.313 e. The summed E-state index contributed by atoms with van der Waals surface area (Å²) >= 11 is 0. The number of hydrogen-bond acceptors (Lipinski definition) is 5. The molecular formula is C19H32O5. The molecule has 0 saturated carbocycles. The molecule has 24 heavy (non-hydrogen) atoms. The molecule has 0 aliphatic carbocycles. The molecule has 138 valence electrons. The van der Waals surface area contributed by atoms with Crippen LogP contribution in [0.2, 0.25) is 0 Å². The van der Waals surface area contributed by atoms with Crippen molar-refractivity contribution >= 4 is 11.9 Å². The van der Waals surface area contributed by atoms with Gasteiger partial charge in [0.05, 0.1) is 18.9 Å². The molecule has 1 N–H and O–H groups in total. The van der Waals surface area contributed by atoms with Gasteiger partial charge in [0.25, 0.3) is 0 Å². The number of carbonyl (C=O) groups is 2. The average Bonchev–Trinajstić information content (AvgIpc) is 3.00. The summed E-state index contributed by atoms with van der Waals surface area (Å²) in [6.07, 6.45) is 12.5. The molecule has 3 atom stereocenters.